The van der Waals surface area contributed by atoms with Crippen LogP contribution >= 0.6 is 0 Å². The summed E-state index contributed by atoms with van der Waals surface area (Å²) < 4.78 is 72.0. The van der Waals surface area contributed by atoms with Crippen molar-refractivity contribution >= 4 is 11.9 Å². The van der Waals surface area contributed by atoms with Crippen molar-refractivity contribution in [2.75, 3.05) is 172 Å². The van der Waals surface area contributed by atoms with Crippen molar-refractivity contribution in [2.45, 2.75) is 78.4 Å². The van der Waals surface area contributed by atoms with E-state index in [9.17, 15) is 9.59 Å². The number of hydrogen-bond donors (Lipinski definition) is 0. The van der Waals surface area contributed by atoms with Crippen molar-refractivity contribution < 1.29 is 71.2 Å². The largest absolute Gasteiger partial charge is 0.460 e. The molecule has 0 radical (unpaired) electrons. The molecule has 0 saturated carbocycles. The maximum atomic E-state index is 11.8. The van der Waals surface area contributed by atoms with Crippen LogP contribution in [-0.2, 0) is 71.2 Å². The smallest absolute Gasteiger partial charge is 0.306 e. The Morgan fingerprint density at radius 3 is 0.949 bits per heavy atom. The summed E-state index contributed by atoms with van der Waals surface area (Å²) in [5.41, 5.74) is 7.26. The quantitative estimate of drug-likeness (QED) is 0.0279. The van der Waals surface area contributed by atoms with Crippen LogP contribution in [0.15, 0.2) is 5.11 Å². The molecule has 0 aromatic heterocycles. The highest BCUT2D eigenvalue weighted by Crippen LogP contribution is 2.10. The molecule has 59 heavy (non-hydrogen) atoms. The van der Waals surface area contributed by atoms with Gasteiger partial charge in [-0.05, 0) is 59.9 Å². The van der Waals surface area contributed by atoms with E-state index in [-0.39, 0.29) is 11.9 Å². The molecule has 19 heteroatoms. The van der Waals surface area contributed by atoms with E-state index < -0.39 is 11.2 Å². The van der Waals surface area contributed by atoms with E-state index in [0.717, 1.165) is 0 Å². The van der Waals surface area contributed by atoms with E-state index in [0.29, 0.717) is 197 Å². The van der Waals surface area contributed by atoms with Crippen LogP contribution in [0.1, 0.15) is 67.2 Å². The maximum Gasteiger partial charge on any atom is 0.306 e. The molecule has 0 N–H and O–H groups in total. The third kappa shape index (κ3) is 48.3. The molecular formula is C40H78N4O15. The Morgan fingerprint density at radius 2 is 0.678 bits per heavy atom. The molecule has 0 spiro atoms. The molecule has 0 aliphatic carbocycles. The van der Waals surface area contributed by atoms with Crippen LogP contribution in [0.3, 0.4) is 0 Å². The number of esters is 2. The first-order valence-corrected chi connectivity index (χ1v) is 20.9. The first-order valence-electron chi connectivity index (χ1n) is 20.9. The van der Waals surface area contributed by atoms with Crippen molar-refractivity contribution in [3.8, 4) is 0 Å². The van der Waals surface area contributed by atoms with Crippen molar-refractivity contribution in [1.82, 2.24) is 4.90 Å². The molecule has 0 rings (SSSR count). The van der Waals surface area contributed by atoms with Gasteiger partial charge in [0.1, 0.15) is 11.2 Å². The molecule has 0 fully saturated rings. The van der Waals surface area contributed by atoms with Gasteiger partial charge in [0.25, 0.3) is 0 Å². The summed E-state index contributed by atoms with van der Waals surface area (Å²) in [4.78, 5) is 28.4. The summed E-state index contributed by atoms with van der Waals surface area (Å²) in [5, 5.41) is 3.39. The second-order valence-electron chi connectivity index (χ2n) is 14.9. The Morgan fingerprint density at radius 1 is 0.424 bits per heavy atom. The zero-order valence-electron chi connectivity index (χ0n) is 37.1. The Hall–Kier alpha value is -2.23. The van der Waals surface area contributed by atoms with Crippen LogP contribution < -0.4 is 0 Å². The van der Waals surface area contributed by atoms with Gasteiger partial charge >= 0.3 is 11.9 Å². The van der Waals surface area contributed by atoms with Gasteiger partial charge in [0, 0.05) is 57.1 Å². The first kappa shape index (κ1) is 56.8. The number of nitrogens with zero attached hydrogens (tertiary/aromatic N) is 4. The number of hydrogen-bond acceptors (Lipinski definition) is 17. The summed E-state index contributed by atoms with van der Waals surface area (Å²) in [6.07, 6.45) is 1.88. The lowest BCUT2D eigenvalue weighted by Gasteiger charge is -2.22. The summed E-state index contributed by atoms with van der Waals surface area (Å²) >= 11 is 0. The Balaban J connectivity index is 4.08. The van der Waals surface area contributed by atoms with Crippen LogP contribution in [0.2, 0.25) is 0 Å². The van der Waals surface area contributed by atoms with Gasteiger partial charge in [-0.3, -0.25) is 14.5 Å². The molecule has 0 saturated heterocycles. The lowest BCUT2D eigenvalue weighted by atomic mass is 10.2. The number of carbonyl (C=O) groups excluding carboxylic acids is 2. The number of rotatable bonds is 44. The van der Waals surface area contributed by atoms with Crippen molar-refractivity contribution in [2.24, 2.45) is 5.11 Å². The minimum absolute atomic E-state index is 0.217. The topological polar surface area (TPSA) is 206 Å². The SMILES string of the molecule is CC(C)(C)OC(=O)CCCOCCOCCOCCN(CCOCCOCCOCCCC(=O)OC(C)(C)C)CCOCCOCCOCCOCCOCCN=[N+]=[N-]. The maximum absolute atomic E-state index is 11.8. The molecule has 0 heterocycles. The van der Waals surface area contributed by atoms with Crippen LogP contribution in [0.5, 0.6) is 0 Å². The Labute approximate surface area is 353 Å². The van der Waals surface area contributed by atoms with E-state index in [1.54, 1.807) is 0 Å². The average molecular weight is 855 g/mol. The molecule has 348 valence electrons. The van der Waals surface area contributed by atoms with E-state index in [4.69, 9.17) is 67.1 Å². The molecule has 19 nitrogen and oxygen atoms in total. The minimum Gasteiger partial charge on any atom is -0.460 e. The summed E-state index contributed by atoms with van der Waals surface area (Å²) in [6, 6.07) is 0. The molecule has 0 aliphatic rings. The number of carbonyl (C=O) groups is 2. The van der Waals surface area contributed by atoms with E-state index in [1.807, 2.05) is 41.5 Å². The highest BCUT2D eigenvalue weighted by atomic mass is 16.6. The predicted molar refractivity (Wildman–Crippen MR) is 220 cm³/mol. The van der Waals surface area contributed by atoms with Gasteiger partial charge in [0.15, 0.2) is 0 Å². The third-order valence-corrected chi connectivity index (χ3v) is 7.21. The van der Waals surface area contributed by atoms with E-state index in [1.165, 1.54) is 0 Å². The van der Waals surface area contributed by atoms with Crippen LogP contribution in [0, 0.1) is 0 Å². The van der Waals surface area contributed by atoms with Crippen molar-refractivity contribution in [3.05, 3.63) is 10.4 Å². The van der Waals surface area contributed by atoms with Crippen LogP contribution in [0.4, 0.5) is 0 Å². The molecule has 0 bridgehead atoms. The van der Waals surface area contributed by atoms with Crippen LogP contribution in [0.25, 0.3) is 10.4 Å². The summed E-state index contributed by atoms with van der Waals surface area (Å²) in [6.45, 7) is 23.8. The minimum atomic E-state index is -0.474. The van der Waals surface area contributed by atoms with E-state index in [2.05, 4.69) is 14.9 Å². The first-order chi connectivity index (χ1) is 28.4. The standard InChI is InChI=1S/C40H78N4O15/c1-39(2,3)58-37(45)9-7-15-47-21-27-53-30-24-50-18-12-44(13-19-51-25-31-54-28-22-48-16-8-10-38(46)59-40(4,5)6)14-20-52-26-32-56-34-36-57-35-33-55-29-23-49-17-11-42-43-41/h7-36H2,1-6H3. The normalized spacial score (nSPS) is 11.9. The fourth-order valence-corrected chi connectivity index (χ4v) is 4.55. The molecule has 0 unspecified atom stereocenters. The van der Waals surface area contributed by atoms with Gasteiger partial charge in [-0.15, -0.1) is 0 Å². The molecule has 0 aliphatic heterocycles. The average Bonchev–Trinajstić information content (AvgIpc) is 3.16. The van der Waals surface area contributed by atoms with Gasteiger partial charge in [-0.25, -0.2) is 0 Å². The lowest BCUT2D eigenvalue weighted by Crippen LogP contribution is -2.34. The summed E-state index contributed by atoms with van der Waals surface area (Å²) in [5.74, 6) is -0.434. The zero-order valence-corrected chi connectivity index (χ0v) is 37.1. The molecule has 0 amide bonds. The fraction of sp³-hybridized carbons (Fsp3) is 0.950. The second-order valence-corrected chi connectivity index (χ2v) is 14.9. The predicted octanol–water partition coefficient (Wildman–Crippen LogP) is 4.03. The molecule has 0 atom stereocenters. The fourth-order valence-electron chi connectivity index (χ4n) is 4.55. The lowest BCUT2D eigenvalue weighted by molar-refractivity contribution is -0.156. The van der Waals surface area contributed by atoms with Crippen molar-refractivity contribution in [3.63, 3.8) is 0 Å². The van der Waals surface area contributed by atoms with Gasteiger partial charge in [0.05, 0.1) is 132 Å². The van der Waals surface area contributed by atoms with Gasteiger partial charge in [-0.1, -0.05) is 5.11 Å². The Kier molecular flexibility index (Phi) is 39.6. The third-order valence-electron chi connectivity index (χ3n) is 7.21. The van der Waals surface area contributed by atoms with Gasteiger partial charge in [-0.2, -0.15) is 0 Å². The summed E-state index contributed by atoms with van der Waals surface area (Å²) in [7, 11) is 0. The van der Waals surface area contributed by atoms with Crippen molar-refractivity contribution in [1.29, 1.82) is 0 Å². The highest BCUT2D eigenvalue weighted by molar-refractivity contribution is 5.70. The Bertz CT molecular complexity index is 959. The molecule has 0 aromatic carbocycles. The second kappa shape index (κ2) is 41.1. The monoisotopic (exact) mass is 855 g/mol. The highest BCUT2D eigenvalue weighted by Gasteiger charge is 2.16. The van der Waals surface area contributed by atoms with Gasteiger partial charge in [0.2, 0.25) is 0 Å². The zero-order chi connectivity index (χ0) is 43.6. The molecular weight excluding hydrogens is 776 g/mol. The molecule has 0 aromatic rings. The van der Waals surface area contributed by atoms with E-state index >= 15 is 0 Å². The van der Waals surface area contributed by atoms with Gasteiger partial charge < -0.3 is 61.6 Å². The number of ether oxygens (including phenoxy) is 13. The number of azide groups is 1. The van der Waals surface area contributed by atoms with Crippen LogP contribution in [-0.4, -0.2) is 200 Å².